The second-order valence-electron chi connectivity index (χ2n) is 4.16. The fraction of sp³-hybridized carbons (Fsp3) is 0.333. The Morgan fingerprint density at radius 1 is 1.26 bits per heavy atom. The molecule has 19 heavy (non-hydrogen) atoms. The number of nitro groups is 1. The van der Waals surface area contributed by atoms with E-state index in [2.05, 4.69) is 4.74 Å². The molecule has 0 atom stereocenters. The molecular formula is C12H12N2O5. The number of amides is 1. The first-order valence-electron chi connectivity index (χ1n) is 5.70. The molecule has 1 heterocycles. The highest BCUT2D eigenvalue weighted by Gasteiger charge is 2.25. The van der Waals surface area contributed by atoms with Gasteiger partial charge >= 0.3 is 5.97 Å². The van der Waals surface area contributed by atoms with Crippen molar-refractivity contribution in [2.75, 3.05) is 20.2 Å². The summed E-state index contributed by atoms with van der Waals surface area (Å²) in [6.45, 7) is 1.27. The summed E-state index contributed by atoms with van der Waals surface area (Å²) >= 11 is 0. The maximum Gasteiger partial charge on any atom is 0.338 e. The Morgan fingerprint density at radius 3 is 2.37 bits per heavy atom. The standard InChI is InChI=1S/C12H12N2O5/c1-19-12(16)9-5-8(6-10(7-9)14(17)18)11(15)13-3-2-4-13/h5-7H,2-4H2,1H3. The predicted molar refractivity (Wildman–Crippen MR) is 65.0 cm³/mol. The summed E-state index contributed by atoms with van der Waals surface area (Å²) in [5, 5.41) is 10.8. The molecule has 100 valence electrons. The summed E-state index contributed by atoms with van der Waals surface area (Å²) in [6.07, 6.45) is 0.921. The Bertz CT molecular complexity index is 551. The van der Waals surface area contributed by atoms with Crippen LogP contribution >= 0.6 is 0 Å². The second-order valence-corrected chi connectivity index (χ2v) is 4.16. The van der Waals surface area contributed by atoms with E-state index in [0.29, 0.717) is 13.1 Å². The van der Waals surface area contributed by atoms with Crippen LogP contribution < -0.4 is 0 Å². The number of rotatable bonds is 3. The van der Waals surface area contributed by atoms with Crippen molar-refractivity contribution in [3.63, 3.8) is 0 Å². The smallest absolute Gasteiger partial charge is 0.338 e. The topological polar surface area (TPSA) is 89.8 Å². The largest absolute Gasteiger partial charge is 0.465 e. The van der Waals surface area contributed by atoms with E-state index < -0.39 is 10.9 Å². The van der Waals surface area contributed by atoms with Crippen molar-refractivity contribution in [1.82, 2.24) is 4.90 Å². The summed E-state index contributed by atoms with van der Waals surface area (Å²) in [6, 6.07) is 3.59. The summed E-state index contributed by atoms with van der Waals surface area (Å²) in [4.78, 5) is 35.2. The molecule has 0 saturated carbocycles. The quantitative estimate of drug-likeness (QED) is 0.465. The number of carbonyl (C=O) groups is 2. The van der Waals surface area contributed by atoms with Gasteiger partial charge in [-0.05, 0) is 12.5 Å². The van der Waals surface area contributed by atoms with Crippen molar-refractivity contribution in [2.45, 2.75) is 6.42 Å². The highest BCUT2D eigenvalue weighted by Crippen LogP contribution is 2.21. The average Bonchev–Trinajstić information content (AvgIpc) is 2.35. The highest BCUT2D eigenvalue weighted by atomic mass is 16.6. The number of benzene rings is 1. The Hall–Kier alpha value is -2.44. The van der Waals surface area contributed by atoms with Crippen LogP contribution in [0, 0.1) is 10.1 Å². The van der Waals surface area contributed by atoms with E-state index in [0.717, 1.165) is 12.5 Å². The predicted octanol–water partition coefficient (Wildman–Crippen LogP) is 1.23. The number of nitro benzene ring substituents is 1. The monoisotopic (exact) mass is 264 g/mol. The highest BCUT2D eigenvalue weighted by molar-refractivity contribution is 5.99. The lowest BCUT2D eigenvalue weighted by Crippen LogP contribution is -2.42. The van der Waals surface area contributed by atoms with Crippen LogP contribution in [0.5, 0.6) is 0 Å². The van der Waals surface area contributed by atoms with Crippen molar-refractivity contribution in [1.29, 1.82) is 0 Å². The lowest BCUT2D eigenvalue weighted by molar-refractivity contribution is -0.384. The number of esters is 1. The van der Waals surface area contributed by atoms with Gasteiger partial charge < -0.3 is 9.64 Å². The Morgan fingerprint density at radius 2 is 1.89 bits per heavy atom. The van der Waals surface area contributed by atoms with Gasteiger partial charge in [-0.2, -0.15) is 0 Å². The van der Waals surface area contributed by atoms with Crippen molar-refractivity contribution >= 4 is 17.6 Å². The first-order valence-corrected chi connectivity index (χ1v) is 5.70. The van der Waals surface area contributed by atoms with E-state index >= 15 is 0 Å². The Balaban J connectivity index is 2.41. The molecule has 7 heteroatoms. The molecule has 1 saturated heterocycles. The Kier molecular flexibility index (Phi) is 3.46. The van der Waals surface area contributed by atoms with Crippen LogP contribution in [0.4, 0.5) is 5.69 Å². The van der Waals surface area contributed by atoms with E-state index in [4.69, 9.17) is 0 Å². The van der Waals surface area contributed by atoms with Gasteiger partial charge in [-0.1, -0.05) is 0 Å². The van der Waals surface area contributed by atoms with Crippen LogP contribution in [0.15, 0.2) is 18.2 Å². The molecule has 1 fully saturated rings. The molecule has 1 aliphatic heterocycles. The third-order valence-corrected chi connectivity index (χ3v) is 2.94. The van der Waals surface area contributed by atoms with E-state index in [-0.39, 0.29) is 22.7 Å². The summed E-state index contributed by atoms with van der Waals surface area (Å²) in [5.41, 5.74) is -0.165. The van der Waals surface area contributed by atoms with Crippen LogP contribution in [0.1, 0.15) is 27.1 Å². The van der Waals surface area contributed by atoms with Gasteiger partial charge in [0.2, 0.25) is 0 Å². The number of hydrogen-bond donors (Lipinski definition) is 0. The van der Waals surface area contributed by atoms with E-state index in [9.17, 15) is 19.7 Å². The molecule has 1 aromatic carbocycles. The maximum atomic E-state index is 12.0. The zero-order valence-corrected chi connectivity index (χ0v) is 10.3. The summed E-state index contributed by atoms with van der Waals surface area (Å²) in [5.74, 6) is -1.01. The fourth-order valence-corrected chi connectivity index (χ4v) is 1.78. The summed E-state index contributed by atoms with van der Waals surface area (Å²) in [7, 11) is 1.18. The average molecular weight is 264 g/mol. The minimum Gasteiger partial charge on any atom is -0.465 e. The normalized spacial score (nSPS) is 13.6. The minimum atomic E-state index is -0.707. The van der Waals surface area contributed by atoms with Gasteiger partial charge in [-0.3, -0.25) is 14.9 Å². The van der Waals surface area contributed by atoms with Crippen LogP contribution in [-0.4, -0.2) is 41.9 Å². The van der Waals surface area contributed by atoms with Crippen LogP contribution in [0.3, 0.4) is 0 Å². The minimum absolute atomic E-state index is 0.000531. The number of likely N-dealkylation sites (tertiary alicyclic amines) is 1. The molecule has 1 aliphatic rings. The molecule has 1 aromatic rings. The molecule has 0 aliphatic carbocycles. The zero-order valence-electron chi connectivity index (χ0n) is 10.3. The van der Waals surface area contributed by atoms with E-state index in [1.54, 1.807) is 4.90 Å². The molecular weight excluding hydrogens is 252 g/mol. The zero-order chi connectivity index (χ0) is 14.0. The first-order chi connectivity index (χ1) is 9.02. The number of methoxy groups -OCH3 is 1. The van der Waals surface area contributed by atoms with Gasteiger partial charge in [0.05, 0.1) is 17.6 Å². The van der Waals surface area contributed by atoms with Gasteiger partial charge in [-0.25, -0.2) is 4.79 Å². The number of carbonyl (C=O) groups excluding carboxylic acids is 2. The third kappa shape index (κ3) is 2.54. The molecule has 2 rings (SSSR count). The molecule has 0 bridgehead atoms. The van der Waals surface area contributed by atoms with E-state index in [1.807, 2.05) is 0 Å². The number of non-ortho nitro benzene ring substituents is 1. The van der Waals surface area contributed by atoms with Gasteiger partial charge in [0, 0.05) is 30.8 Å². The second kappa shape index (κ2) is 5.05. The van der Waals surface area contributed by atoms with Crippen molar-refractivity contribution in [3.05, 3.63) is 39.4 Å². The fourth-order valence-electron chi connectivity index (χ4n) is 1.78. The van der Waals surface area contributed by atoms with Crippen molar-refractivity contribution in [2.24, 2.45) is 0 Å². The van der Waals surface area contributed by atoms with Crippen LogP contribution in [0.25, 0.3) is 0 Å². The molecule has 0 spiro atoms. The van der Waals surface area contributed by atoms with Crippen LogP contribution in [-0.2, 0) is 4.74 Å². The van der Waals surface area contributed by atoms with Crippen molar-refractivity contribution < 1.29 is 19.2 Å². The van der Waals surface area contributed by atoms with Gasteiger partial charge in [0.1, 0.15) is 0 Å². The molecule has 0 aromatic heterocycles. The SMILES string of the molecule is COC(=O)c1cc(C(=O)N2CCC2)cc([N+](=O)[O-])c1. The van der Waals surface area contributed by atoms with Gasteiger partial charge in [-0.15, -0.1) is 0 Å². The van der Waals surface area contributed by atoms with E-state index in [1.165, 1.54) is 19.2 Å². The van der Waals surface area contributed by atoms with Gasteiger partial charge in [0.25, 0.3) is 11.6 Å². The molecule has 0 unspecified atom stereocenters. The molecule has 0 N–H and O–H groups in total. The number of ether oxygens (including phenoxy) is 1. The Labute approximate surface area is 108 Å². The van der Waals surface area contributed by atoms with Crippen LogP contribution in [0.2, 0.25) is 0 Å². The van der Waals surface area contributed by atoms with Gasteiger partial charge in [0.15, 0.2) is 0 Å². The summed E-state index contributed by atoms with van der Waals surface area (Å²) < 4.78 is 4.52. The lowest BCUT2D eigenvalue weighted by atomic mass is 10.1. The molecule has 0 radical (unpaired) electrons. The third-order valence-electron chi connectivity index (χ3n) is 2.94. The van der Waals surface area contributed by atoms with Crippen molar-refractivity contribution in [3.8, 4) is 0 Å². The first kappa shape index (κ1) is 13.0. The lowest BCUT2D eigenvalue weighted by Gasteiger charge is -2.30. The maximum absolute atomic E-state index is 12.0. The number of nitrogens with zero attached hydrogens (tertiary/aromatic N) is 2. The molecule has 7 nitrogen and oxygen atoms in total. The molecule has 1 amide bonds. The number of hydrogen-bond acceptors (Lipinski definition) is 5.